The number of hydrogen-bond donors (Lipinski definition) is 1. The van der Waals surface area contributed by atoms with Gasteiger partial charge in [0.25, 0.3) is 0 Å². The second kappa shape index (κ2) is 9.96. The molecular formula is C24H28N4OS. The summed E-state index contributed by atoms with van der Waals surface area (Å²) in [5.74, 6) is -0.103. The summed E-state index contributed by atoms with van der Waals surface area (Å²) < 4.78 is 1.05. The van der Waals surface area contributed by atoms with E-state index in [1.165, 1.54) is 57.0 Å². The third-order valence-electron chi connectivity index (χ3n) is 5.39. The second-order valence-electron chi connectivity index (χ2n) is 7.84. The monoisotopic (exact) mass is 420 g/mol. The van der Waals surface area contributed by atoms with Crippen LogP contribution in [0.5, 0.6) is 0 Å². The molecule has 4 rings (SSSR count). The fourth-order valence-corrected chi connectivity index (χ4v) is 4.80. The third-order valence-corrected chi connectivity index (χ3v) is 6.32. The third kappa shape index (κ3) is 5.52. The van der Waals surface area contributed by atoms with Crippen molar-refractivity contribution in [1.29, 1.82) is 0 Å². The molecule has 1 amide bonds. The molecule has 1 saturated heterocycles. The topological polar surface area (TPSA) is 58.1 Å². The van der Waals surface area contributed by atoms with E-state index in [2.05, 4.69) is 50.5 Å². The van der Waals surface area contributed by atoms with E-state index in [0.29, 0.717) is 5.13 Å². The number of amides is 1. The van der Waals surface area contributed by atoms with Gasteiger partial charge in [-0.05, 0) is 61.7 Å². The lowest BCUT2D eigenvalue weighted by Gasteiger charge is -2.18. The smallest absolute Gasteiger partial charge is 0.223 e. The number of benzene rings is 1. The predicted octanol–water partition coefficient (Wildman–Crippen LogP) is 5.60. The average Bonchev–Trinajstić information content (AvgIpc) is 2.94. The average molecular weight is 421 g/mol. The number of likely N-dealkylation sites (tertiary alicyclic amines) is 1. The van der Waals surface area contributed by atoms with Crippen molar-refractivity contribution in [2.45, 2.75) is 39.0 Å². The number of nitrogens with one attached hydrogen (secondary N) is 1. The number of fused-ring (bicyclic) bond motifs is 1. The molecule has 1 aromatic carbocycles. The van der Waals surface area contributed by atoms with E-state index in [9.17, 15) is 4.79 Å². The number of nitrogens with zero attached hydrogens (tertiary/aromatic N) is 3. The molecule has 1 aliphatic heterocycles. The standard InChI is InChI=1S/C24H28N4OS/c1-18(29)26-24-27-22-10-9-20(15-23(22)30-24)21-14-19(16-25-17-21)8-4-7-13-28-11-5-2-3-6-12-28/h4,8-10,14-17H,2-3,5-7,11-13H2,1H3,(H,26,27,29)/b8-4+. The summed E-state index contributed by atoms with van der Waals surface area (Å²) in [6.07, 6.45) is 14.8. The van der Waals surface area contributed by atoms with Gasteiger partial charge in [0, 0.05) is 31.4 Å². The summed E-state index contributed by atoms with van der Waals surface area (Å²) in [5.41, 5.74) is 4.20. The van der Waals surface area contributed by atoms with Crippen molar-refractivity contribution in [3.8, 4) is 11.1 Å². The van der Waals surface area contributed by atoms with Crippen LogP contribution in [-0.2, 0) is 4.79 Å². The van der Waals surface area contributed by atoms with Crippen molar-refractivity contribution in [3.05, 3.63) is 48.3 Å². The highest BCUT2D eigenvalue weighted by Gasteiger charge is 2.08. The summed E-state index contributed by atoms with van der Waals surface area (Å²) in [5, 5.41) is 3.40. The van der Waals surface area contributed by atoms with Crippen molar-refractivity contribution in [2.75, 3.05) is 25.0 Å². The summed E-state index contributed by atoms with van der Waals surface area (Å²) in [6.45, 7) is 5.13. The van der Waals surface area contributed by atoms with Crippen LogP contribution in [0.15, 0.2) is 42.7 Å². The first-order chi connectivity index (χ1) is 14.7. The highest BCUT2D eigenvalue weighted by molar-refractivity contribution is 7.22. The lowest BCUT2D eigenvalue weighted by molar-refractivity contribution is -0.114. The number of pyridine rings is 1. The lowest BCUT2D eigenvalue weighted by atomic mass is 10.1. The fraction of sp³-hybridized carbons (Fsp3) is 0.375. The number of aromatic nitrogens is 2. The van der Waals surface area contributed by atoms with Crippen LogP contribution in [0.25, 0.3) is 27.4 Å². The second-order valence-corrected chi connectivity index (χ2v) is 8.87. The number of carbonyl (C=O) groups excluding carboxylic acids is 1. The van der Waals surface area contributed by atoms with E-state index < -0.39 is 0 Å². The van der Waals surface area contributed by atoms with Crippen LogP contribution in [0, 0.1) is 0 Å². The zero-order valence-corrected chi connectivity index (χ0v) is 18.3. The Labute approximate surface area is 181 Å². The maximum absolute atomic E-state index is 11.3. The van der Waals surface area contributed by atoms with Crippen molar-refractivity contribution in [3.63, 3.8) is 0 Å². The van der Waals surface area contributed by atoms with Crippen LogP contribution in [0.4, 0.5) is 5.13 Å². The molecule has 5 nitrogen and oxygen atoms in total. The molecule has 3 aromatic rings. The van der Waals surface area contributed by atoms with E-state index in [4.69, 9.17) is 0 Å². The Morgan fingerprint density at radius 2 is 1.97 bits per heavy atom. The Hall–Kier alpha value is -2.57. The van der Waals surface area contributed by atoms with Crippen LogP contribution in [0.1, 0.15) is 44.6 Å². The number of hydrogen-bond acceptors (Lipinski definition) is 5. The van der Waals surface area contributed by atoms with E-state index in [-0.39, 0.29) is 5.91 Å². The number of anilines is 1. The van der Waals surface area contributed by atoms with Gasteiger partial charge in [0.05, 0.1) is 10.2 Å². The maximum Gasteiger partial charge on any atom is 0.223 e. The van der Waals surface area contributed by atoms with E-state index in [1.807, 2.05) is 18.5 Å². The minimum absolute atomic E-state index is 0.103. The molecule has 0 atom stereocenters. The Morgan fingerprint density at radius 3 is 2.77 bits per heavy atom. The first-order valence-electron chi connectivity index (χ1n) is 10.7. The molecule has 0 aliphatic carbocycles. The molecule has 0 spiro atoms. The highest BCUT2D eigenvalue weighted by Crippen LogP contribution is 2.30. The van der Waals surface area contributed by atoms with E-state index >= 15 is 0 Å². The highest BCUT2D eigenvalue weighted by atomic mass is 32.1. The first-order valence-corrected chi connectivity index (χ1v) is 11.5. The molecule has 6 heteroatoms. The number of carbonyl (C=O) groups is 1. The Balaban J connectivity index is 1.42. The van der Waals surface area contributed by atoms with Gasteiger partial charge in [-0.2, -0.15) is 0 Å². The van der Waals surface area contributed by atoms with Gasteiger partial charge in [0.1, 0.15) is 0 Å². The van der Waals surface area contributed by atoms with Crippen LogP contribution < -0.4 is 5.32 Å². The molecule has 0 saturated carbocycles. The van der Waals surface area contributed by atoms with E-state index in [0.717, 1.165) is 39.9 Å². The molecular weight excluding hydrogens is 392 g/mol. The quantitative estimate of drug-likeness (QED) is 0.564. The van der Waals surface area contributed by atoms with E-state index in [1.54, 1.807) is 0 Å². The fourth-order valence-electron chi connectivity index (χ4n) is 3.85. The normalized spacial score (nSPS) is 15.5. The van der Waals surface area contributed by atoms with Gasteiger partial charge in [-0.3, -0.25) is 9.78 Å². The van der Waals surface area contributed by atoms with Crippen LogP contribution in [-0.4, -0.2) is 40.4 Å². The molecule has 2 aromatic heterocycles. The molecule has 0 radical (unpaired) electrons. The molecule has 0 bridgehead atoms. The van der Waals surface area contributed by atoms with Crippen LogP contribution in [0.2, 0.25) is 0 Å². The largest absolute Gasteiger partial charge is 0.303 e. The van der Waals surface area contributed by atoms with Gasteiger partial charge in [-0.25, -0.2) is 4.98 Å². The SMILES string of the molecule is CC(=O)Nc1nc2ccc(-c3cncc(/C=C/CCN4CCCCCC4)c3)cc2s1. The predicted molar refractivity (Wildman–Crippen MR) is 126 cm³/mol. The molecule has 30 heavy (non-hydrogen) atoms. The van der Waals surface area contributed by atoms with Gasteiger partial charge >= 0.3 is 0 Å². The minimum Gasteiger partial charge on any atom is -0.303 e. The van der Waals surface area contributed by atoms with Crippen LogP contribution >= 0.6 is 11.3 Å². The van der Waals surface area contributed by atoms with Crippen molar-refractivity contribution >= 4 is 38.7 Å². The van der Waals surface area contributed by atoms with Gasteiger partial charge in [0.2, 0.25) is 5.91 Å². The molecule has 1 aliphatic rings. The Bertz CT molecular complexity index is 1030. The molecule has 156 valence electrons. The van der Waals surface area contributed by atoms with Gasteiger partial charge in [-0.15, -0.1) is 0 Å². The number of rotatable bonds is 6. The Kier molecular flexibility index (Phi) is 6.87. The summed E-state index contributed by atoms with van der Waals surface area (Å²) in [6, 6.07) is 8.34. The maximum atomic E-state index is 11.3. The minimum atomic E-state index is -0.103. The van der Waals surface area contributed by atoms with Gasteiger partial charge in [-0.1, -0.05) is 42.4 Å². The van der Waals surface area contributed by atoms with Gasteiger partial charge in [0.15, 0.2) is 5.13 Å². The van der Waals surface area contributed by atoms with Crippen molar-refractivity contribution in [1.82, 2.24) is 14.9 Å². The van der Waals surface area contributed by atoms with Gasteiger partial charge < -0.3 is 10.2 Å². The first kappa shape index (κ1) is 20.7. The molecule has 3 heterocycles. The van der Waals surface area contributed by atoms with Crippen molar-refractivity contribution < 1.29 is 4.79 Å². The van der Waals surface area contributed by atoms with Crippen LogP contribution in [0.3, 0.4) is 0 Å². The molecule has 1 fully saturated rings. The zero-order valence-electron chi connectivity index (χ0n) is 17.4. The Morgan fingerprint density at radius 1 is 1.13 bits per heavy atom. The lowest BCUT2D eigenvalue weighted by Crippen LogP contribution is -2.25. The summed E-state index contributed by atoms with van der Waals surface area (Å²) >= 11 is 1.49. The zero-order chi connectivity index (χ0) is 20.8. The summed E-state index contributed by atoms with van der Waals surface area (Å²) in [4.78, 5) is 22.7. The number of thiazole rings is 1. The molecule has 1 N–H and O–H groups in total. The summed E-state index contributed by atoms with van der Waals surface area (Å²) in [7, 11) is 0. The molecule has 0 unspecified atom stereocenters. The van der Waals surface area contributed by atoms with Crippen molar-refractivity contribution in [2.24, 2.45) is 0 Å².